The Bertz CT molecular complexity index is 701. The van der Waals surface area contributed by atoms with Gasteiger partial charge in [-0.3, -0.25) is 9.69 Å². The van der Waals surface area contributed by atoms with Crippen LogP contribution < -0.4 is 4.74 Å². The smallest absolute Gasteiger partial charge is 0.150 e. The molecule has 1 aliphatic heterocycles. The third-order valence-electron chi connectivity index (χ3n) is 4.60. The zero-order valence-electron chi connectivity index (χ0n) is 12.5. The summed E-state index contributed by atoms with van der Waals surface area (Å²) >= 11 is 1.70. The average molecular weight is 313 g/mol. The fraction of sp³-hybridized carbons (Fsp3) is 0.389. The number of nitrogens with zero attached hydrogens (tertiary/aromatic N) is 1. The van der Waals surface area contributed by atoms with Crippen LogP contribution in [0.25, 0.3) is 21.6 Å². The molecule has 1 aromatic heterocycles. The highest BCUT2D eigenvalue weighted by Gasteiger charge is 2.30. The van der Waals surface area contributed by atoms with Crippen molar-refractivity contribution in [2.75, 3.05) is 26.2 Å². The number of carbonyl (C=O) groups is 1. The summed E-state index contributed by atoms with van der Waals surface area (Å²) in [5, 5.41) is 2.08. The molecule has 2 aromatic rings. The SMILES string of the molecule is O=Cc1ccc(OCCN2CCCCC2)c2c1-c1sccc1-2. The van der Waals surface area contributed by atoms with Gasteiger partial charge in [0, 0.05) is 33.7 Å². The molecule has 4 heteroatoms. The maximum atomic E-state index is 11.2. The minimum Gasteiger partial charge on any atom is -0.492 e. The van der Waals surface area contributed by atoms with E-state index < -0.39 is 0 Å². The van der Waals surface area contributed by atoms with E-state index in [0.29, 0.717) is 6.61 Å². The number of fused-ring (bicyclic) bond motifs is 4. The monoisotopic (exact) mass is 313 g/mol. The van der Waals surface area contributed by atoms with E-state index in [2.05, 4.69) is 16.3 Å². The van der Waals surface area contributed by atoms with Gasteiger partial charge in [0.25, 0.3) is 0 Å². The summed E-state index contributed by atoms with van der Waals surface area (Å²) in [7, 11) is 0. The van der Waals surface area contributed by atoms with Crippen LogP contribution in [0.15, 0.2) is 23.6 Å². The van der Waals surface area contributed by atoms with E-state index in [9.17, 15) is 4.79 Å². The van der Waals surface area contributed by atoms with Crippen molar-refractivity contribution in [1.82, 2.24) is 4.90 Å². The zero-order chi connectivity index (χ0) is 14.9. The van der Waals surface area contributed by atoms with Crippen molar-refractivity contribution >= 4 is 17.6 Å². The van der Waals surface area contributed by atoms with Crippen LogP contribution in [0.1, 0.15) is 29.6 Å². The number of carbonyl (C=O) groups excluding carboxylic acids is 1. The van der Waals surface area contributed by atoms with E-state index in [1.54, 1.807) is 11.3 Å². The second-order valence-corrected chi connectivity index (χ2v) is 6.85. The molecule has 2 aliphatic rings. The van der Waals surface area contributed by atoms with Gasteiger partial charge in [-0.1, -0.05) is 6.42 Å². The molecule has 1 aromatic carbocycles. The van der Waals surface area contributed by atoms with Crippen LogP contribution in [0.3, 0.4) is 0 Å². The van der Waals surface area contributed by atoms with Crippen molar-refractivity contribution < 1.29 is 9.53 Å². The molecule has 2 heterocycles. The van der Waals surface area contributed by atoms with Gasteiger partial charge in [-0.25, -0.2) is 0 Å². The van der Waals surface area contributed by atoms with E-state index in [-0.39, 0.29) is 0 Å². The van der Waals surface area contributed by atoms with E-state index in [0.717, 1.165) is 35.3 Å². The van der Waals surface area contributed by atoms with Crippen LogP contribution >= 0.6 is 11.3 Å². The molecule has 3 nitrogen and oxygen atoms in total. The summed E-state index contributed by atoms with van der Waals surface area (Å²) in [6.45, 7) is 4.09. The standard InChI is InChI=1S/C18H19NO2S/c20-12-13-4-5-15(17-14-6-11-22-18(14)16(13)17)21-10-9-19-7-2-1-3-8-19/h4-6,11-12H,1-3,7-10H2. The molecular weight excluding hydrogens is 294 g/mol. The highest BCUT2D eigenvalue weighted by Crippen LogP contribution is 2.55. The second kappa shape index (κ2) is 5.86. The highest BCUT2D eigenvalue weighted by molar-refractivity contribution is 7.15. The lowest BCUT2D eigenvalue weighted by molar-refractivity contribution is 0.112. The molecule has 1 fully saturated rings. The van der Waals surface area contributed by atoms with E-state index >= 15 is 0 Å². The van der Waals surface area contributed by atoms with Crippen LogP contribution in [0.2, 0.25) is 0 Å². The summed E-state index contributed by atoms with van der Waals surface area (Å²) in [6, 6.07) is 5.94. The van der Waals surface area contributed by atoms with Crippen LogP contribution in [0.4, 0.5) is 0 Å². The lowest BCUT2D eigenvalue weighted by atomic mass is 9.84. The number of ether oxygens (including phenoxy) is 1. The van der Waals surface area contributed by atoms with Crippen molar-refractivity contribution in [2.45, 2.75) is 19.3 Å². The van der Waals surface area contributed by atoms with Gasteiger partial charge in [-0.2, -0.15) is 0 Å². The molecule has 0 radical (unpaired) electrons. The lowest BCUT2D eigenvalue weighted by Gasteiger charge is -2.28. The molecule has 0 atom stereocenters. The minimum atomic E-state index is 0.715. The van der Waals surface area contributed by atoms with E-state index in [4.69, 9.17) is 4.74 Å². The third-order valence-corrected chi connectivity index (χ3v) is 5.53. The van der Waals surface area contributed by atoms with Gasteiger partial charge in [0.15, 0.2) is 6.29 Å². The summed E-state index contributed by atoms with van der Waals surface area (Å²) in [5.74, 6) is 0.920. The number of rotatable bonds is 5. The Morgan fingerprint density at radius 1 is 1.14 bits per heavy atom. The second-order valence-electron chi connectivity index (χ2n) is 5.93. The molecule has 0 N–H and O–H groups in total. The Hall–Kier alpha value is -1.65. The van der Waals surface area contributed by atoms with Crippen molar-refractivity contribution in [1.29, 1.82) is 0 Å². The number of hydrogen-bond acceptors (Lipinski definition) is 4. The van der Waals surface area contributed by atoms with E-state index in [1.807, 2.05) is 12.1 Å². The first-order chi connectivity index (χ1) is 10.9. The van der Waals surface area contributed by atoms with Gasteiger partial charge in [0.1, 0.15) is 12.4 Å². The van der Waals surface area contributed by atoms with Crippen LogP contribution in [-0.4, -0.2) is 37.4 Å². The maximum absolute atomic E-state index is 11.2. The molecular formula is C18H19NO2S. The molecule has 4 rings (SSSR count). The molecule has 0 bridgehead atoms. The molecule has 22 heavy (non-hydrogen) atoms. The fourth-order valence-corrected chi connectivity index (χ4v) is 4.41. The number of benzene rings is 1. The first-order valence-corrected chi connectivity index (χ1v) is 8.82. The van der Waals surface area contributed by atoms with Gasteiger partial charge in [0.2, 0.25) is 0 Å². The van der Waals surface area contributed by atoms with Gasteiger partial charge in [0.05, 0.1) is 0 Å². The molecule has 0 amide bonds. The fourth-order valence-electron chi connectivity index (χ4n) is 3.44. The van der Waals surface area contributed by atoms with Crippen molar-refractivity contribution in [3.8, 4) is 27.3 Å². The molecule has 0 saturated carbocycles. The normalized spacial score (nSPS) is 16.5. The third kappa shape index (κ3) is 2.27. The molecule has 0 unspecified atom stereocenters. The van der Waals surface area contributed by atoms with E-state index in [1.165, 1.54) is 42.8 Å². The summed E-state index contributed by atoms with van der Waals surface area (Å²) in [5.41, 5.74) is 4.21. The predicted molar refractivity (Wildman–Crippen MR) is 89.9 cm³/mol. The number of hydrogen-bond donors (Lipinski definition) is 0. The summed E-state index contributed by atoms with van der Waals surface area (Å²) in [4.78, 5) is 14.9. The number of thiophene rings is 1. The average Bonchev–Trinajstić information content (AvgIpc) is 2.96. The Labute approximate surface area is 134 Å². The van der Waals surface area contributed by atoms with Gasteiger partial charge in [-0.05, 0) is 49.5 Å². The zero-order valence-corrected chi connectivity index (χ0v) is 13.3. The number of likely N-dealkylation sites (tertiary alicyclic amines) is 1. The topological polar surface area (TPSA) is 29.5 Å². The molecule has 1 aliphatic carbocycles. The highest BCUT2D eigenvalue weighted by atomic mass is 32.1. The van der Waals surface area contributed by atoms with Crippen molar-refractivity contribution in [3.05, 3.63) is 29.1 Å². The quantitative estimate of drug-likeness (QED) is 0.665. The summed E-state index contributed by atoms with van der Waals surface area (Å²) < 4.78 is 6.04. The van der Waals surface area contributed by atoms with Gasteiger partial charge < -0.3 is 4.74 Å². The Morgan fingerprint density at radius 3 is 2.82 bits per heavy atom. The Morgan fingerprint density at radius 2 is 2.00 bits per heavy atom. The minimum absolute atomic E-state index is 0.715. The Balaban J connectivity index is 1.49. The number of piperidine rings is 1. The molecule has 0 spiro atoms. The first-order valence-electron chi connectivity index (χ1n) is 7.94. The molecule has 1 saturated heterocycles. The lowest BCUT2D eigenvalue weighted by Crippen LogP contribution is -2.33. The van der Waals surface area contributed by atoms with Crippen molar-refractivity contribution in [3.63, 3.8) is 0 Å². The van der Waals surface area contributed by atoms with Crippen molar-refractivity contribution in [2.24, 2.45) is 0 Å². The predicted octanol–water partition coefficient (Wildman–Crippen LogP) is 4.07. The van der Waals surface area contributed by atoms with Gasteiger partial charge in [-0.15, -0.1) is 11.3 Å². The largest absolute Gasteiger partial charge is 0.492 e. The number of aldehydes is 1. The summed E-state index contributed by atoms with van der Waals surface area (Å²) in [6.07, 6.45) is 4.92. The van der Waals surface area contributed by atoms with Crippen LogP contribution in [0.5, 0.6) is 5.75 Å². The Kier molecular flexibility index (Phi) is 3.72. The van der Waals surface area contributed by atoms with Gasteiger partial charge >= 0.3 is 0 Å². The van der Waals surface area contributed by atoms with Crippen LogP contribution in [0, 0.1) is 0 Å². The first kappa shape index (κ1) is 14.0. The maximum Gasteiger partial charge on any atom is 0.150 e. The molecule has 114 valence electrons. The van der Waals surface area contributed by atoms with Crippen LogP contribution in [-0.2, 0) is 0 Å².